The minimum atomic E-state index is -0.646. The molecule has 0 radical (unpaired) electrons. The van der Waals surface area contributed by atoms with Crippen LogP contribution in [0, 0.1) is 5.82 Å². The number of fused-ring (bicyclic) bond motifs is 1. The molecule has 2 aliphatic rings. The molecule has 11 heteroatoms. The summed E-state index contributed by atoms with van der Waals surface area (Å²) in [4.78, 5) is 42.2. The Morgan fingerprint density at radius 3 is 2.79 bits per heavy atom. The molecule has 0 aliphatic carbocycles. The lowest BCUT2D eigenvalue weighted by Gasteiger charge is -2.29. The monoisotopic (exact) mass is 483 g/mol. The van der Waals surface area contributed by atoms with Gasteiger partial charge in [-0.25, -0.2) is 4.39 Å². The number of anilines is 1. The van der Waals surface area contributed by atoms with Crippen molar-refractivity contribution in [3.63, 3.8) is 0 Å². The Morgan fingerprint density at radius 1 is 1.18 bits per heavy atom. The summed E-state index contributed by atoms with van der Waals surface area (Å²) in [6.07, 6.45) is 0.872. The number of nitrogens with one attached hydrogen (secondary N) is 2. The van der Waals surface area contributed by atoms with Crippen LogP contribution in [-0.2, 0) is 29.1 Å². The predicted molar refractivity (Wildman–Crippen MR) is 118 cm³/mol. The quantitative estimate of drug-likeness (QED) is 0.518. The number of halogens is 2. The lowest BCUT2D eigenvalue weighted by atomic mass is 10.0. The van der Waals surface area contributed by atoms with Gasteiger partial charge >= 0.3 is 6.01 Å². The second-order valence-corrected chi connectivity index (χ2v) is 8.59. The summed E-state index contributed by atoms with van der Waals surface area (Å²) < 4.78 is 18.5. The number of hydrogen-bond acceptors (Lipinski definition) is 7. The first-order valence-electron chi connectivity index (χ1n) is 10.6. The summed E-state index contributed by atoms with van der Waals surface area (Å²) in [5.74, 6) is -1.04. The van der Waals surface area contributed by atoms with Crippen molar-refractivity contribution in [2.45, 2.75) is 38.4 Å². The number of carbonyl (C=O) groups is 3. The van der Waals surface area contributed by atoms with Crippen molar-refractivity contribution in [2.75, 3.05) is 5.32 Å². The van der Waals surface area contributed by atoms with Crippen molar-refractivity contribution < 1.29 is 23.3 Å². The van der Waals surface area contributed by atoms with E-state index in [4.69, 9.17) is 16.1 Å². The molecule has 0 spiro atoms. The highest BCUT2D eigenvalue weighted by molar-refractivity contribution is 6.30. The molecule has 3 aromatic rings. The fourth-order valence-corrected chi connectivity index (χ4v) is 4.35. The highest BCUT2D eigenvalue weighted by Crippen LogP contribution is 2.28. The van der Waals surface area contributed by atoms with E-state index in [2.05, 4.69) is 20.8 Å². The number of benzene rings is 2. The van der Waals surface area contributed by atoms with Crippen LogP contribution >= 0.6 is 11.6 Å². The van der Waals surface area contributed by atoms with Crippen LogP contribution in [0.4, 0.5) is 10.4 Å². The van der Waals surface area contributed by atoms with Crippen molar-refractivity contribution >= 4 is 35.3 Å². The molecule has 2 N–H and O–H groups in total. The van der Waals surface area contributed by atoms with Gasteiger partial charge in [0.05, 0.1) is 5.02 Å². The van der Waals surface area contributed by atoms with Crippen LogP contribution in [0.25, 0.3) is 0 Å². The lowest BCUT2D eigenvalue weighted by molar-refractivity contribution is -0.136. The van der Waals surface area contributed by atoms with E-state index >= 15 is 0 Å². The maximum Gasteiger partial charge on any atom is 0.321 e. The molecule has 1 saturated heterocycles. The van der Waals surface area contributed by atoms with E-state index < -0.39 is 17.8 Å². The number of piperidine rings is 1. The molecule has 3 heterocycles. The number of aromatic nitrogens is 2. The second-order valence-electron chi connectivity index (χ2n) is 8.19. The zero-order valence-electron chi connectivity index (χ0n) is 17.8. The van der Waals surface area contributed by atoms with Gasteiger partial charge in [0.25, 0.3) is 5.91 Å². The van der Waals surface area contributed by atoms with Crippen LogP contribution < -0.4 is 10.6 Å². The molecule has 2 aliphatic heterocycles. The highest BCUT2D eigenvalue weighted by Gasteiger charge is 2.39. The maximum absolute atomic E-state index is 13.3. The molecular weight excluding hydrogens is 465 g/mol. The molecule has 1 aromatic heterocycles. The van der Waals surface area contributed by atoms with E-state index in [1.165, 1.54) is 17.0 Å². The van der Waals surface area contributed by atoms with E-state index in [0.29, 0.717) is 37.3 Å². The molecular formula is C23H19ClFN5O4. The summed E-state index contributed by atoms with van der Waals surface area (Å²) in [7, 11) is 0. The van der Waals surface area contributed by atoms with Crippen LogP contribution in [0.3, 0.4) is 0 Å². The summed E-state index contributed by atoms with van der Waals surface area (Å²) in [5, 5.41) is 9.30. The number of hydrogen-bond donors (Lipinski definition) is 2. The van der Waals surface area contributed by atoms with Crippen LogP contribution in [0.1, 0.15) is 45.7 Å². The Morgan fingerprint density at radius 2 is 2.00 bits per heavy atom. The van der Waals surface area contributed by atoms with E-state index in [1.807, 2.05) is 12.1 Å². The third-order valence-corrected chi connectivity index (χ3v) is 6.14. The topological polar surface area (TPSA) is 117 Å². The normalized spacial score (nSPS) is 17.6. The predicted octanol–water partition coefficient (Wildman–Crippen LogP) is 2.83. The van der Waals surface area contributed by atoms with Crippen molar-refractivity contribution in [1.29, 1.82) is 0 Å². The number of amides is 3. The molecule has 2 aromatic carbocycles. The minimum absolute atomic E-state index is 0.0330. The maximum atomic E-state index is 13.3. The van der Waals surface area contributed by atoms with Crippen LogP contribution in [0.2, 0.25) is 5.02 Å². The average molecular weight is 484 g/mol. The molecule has 0 saturated carbocycles. The summed E-state index contributed by atoms with van der Waals surface area (Å²) in [5.41, 5.74) is 3.00. The standard InChI is InChI=1S/C23H19ClFN5O4/c24-16-8-12(2-4-17(16)25)9-19-27-23(34-29-19)26-10-13-1-3-15-14(7-13)11-30(22(15)33)18-5-6-20(31)28-21(18)32/h1-4,7-8,18H,5-6,9-11H2,(H,26,27,29)(H,28,31,32). The molecule has 5 rings (SSSR count). The lowest BCUT2D eigenvalue weighted by Crippen LogP contribution is -2.52. The van der Waals surface area contributed by atoms with Gasteiger partial charge in [-0.05, 0) is 41.3 Å². The molecule has 1 atom stereocenters. The van der Waals surface area contributed by atoms with Gasteiger partial charge in [0, 0.05) is 31.5 Å². The molecule has 1 unspecified atom stereocenters. The molecule has 1 fully saturated rings. The second kappa shape index (κ2) is 8.86. The Kier molecular flexibility index (Phi) is 5.74. The summed E-state index contributed by atoms with van der Waals surface area (Å²) >= 11 is 5.81. The van der Waals surface area contributed by atoms with Gasteiger partial charge in [0.2, 0.25) is 11.8 Å². The Balaban J connectivity index is 1.21. The molecule has 174 valence electrons. The molecule has 9 nitrogen and oxygen atoms in total. The first kappa shape index (κ1) is 22.0. The Hall–Kier alpha value is -3.79. The van der Waals surface area contributed by atoms with Crippen molar-refractivity contribution in [1.82, 2.24) is 20.4 Å². The van der Waals surface area contributed by atoms with Gasteiger partial charge in [-0.3, -0.25) is 19.7 Å². The van der Waals surface area contributed by atoms with Crippen molar-refractivity contribution in [2.24, 2.45) is 0 Å². The fraction of sp³-hybridized carbons (Fsp3) is 0.261. The van der Waals surface area contributed by atoms with Crippen molar-refractivity contribution in [3.8, 4) is 0 Å². The van der Waals surface area contributed by atoms with E-state index in [-0.39, 0.29) is 29.3 Å². The highest BCUT2D eigenvalue weighted by atomic mass is 35.5. The van der Waals surface area contributed by atoms with Gasteiger partial charge in [0.15, 0.2) is 5.82 Å². The van der Waals surface area contributed by atoms with Gasteiger partial charge < -0.3 is 14.7 Å². The third kappa shape index (κ3) is 4.36. The van der Waals surface area contributed by atoms with E-state index in [9.17, 15) is 18.8 Å². The number of rotatable bonds is 6. The molecule has 3 amide bonds. The number of imide groups is 1. The fourth-order valence-electron chi connectivity index (χ4n) is 4.15. The van der Waals surface area contributed by atoms with Crippen molar-refractivity contribution in [3.05, 3.63) is 75.3 Å². The number of carbonyl (C=O) groups excluding carboxylic acids is 3. The Labute approximate surface area is 198 Å². The van der Waals surface area contributed by atoms with Gasteiger partial charge in [0.1, 0.15) is 11.9 Å². The van der Waals surface area contributed by atoms with Crippen LogP contribution in [0.15, 0.2) is 40.9 Å². The van der Waals surface area contributed by atoms with E-state index in [1.54, 1.807) is 12.1 Å². The minimum Gasteiger partial charge on any atom is -0.334 e. The zero-order chi connectivity index (χ0) is 23.8. The zero-order valence-corrected chi connectivity index (χ0v) is 18.6. The van der Waals surface area contributed by atoms with Crippen LogP contribution in [0.5, 0.6) is 0 Å². The first-order chi connectivity index (χ1) is 16.4. The number of nitrogens with zero attached hydrogens (tertiary/aromatic N) is 3. The Bertz CT molecular complexity index is 1310. The largest absolute Gasteiger partial charge is 0.334 e. The van der Waals surface area contributed by atoms with E-state index in [0.717, 1.165) is 16.7 Å². The van der Waals surface area contributed by atoms with Gasteiger partial charge in [-0.1, -0.05) is 35.0 Å². The van der Waals surface area contributed by atoms with Crippen LogP contribution in [-0.4, -0.2) is 38.8 Å². The smallest absolute Gasteiger partial charge is 0.321 e. The summed E-state index contributed by atoms with van der Waals surface area (Å²) in [6, 6.07) is 9.43. The van der Waals surface area contributed by atoms with Gasteiger partial charge in [-0.2, -0.15) is 4.98 Å². The molecule has 0 bridgehead atoms. The first-order valence-corrected chi connectivity index (χ1v) is 11.0. The van der Waals surface area contributed by atoms with Gasteiger partial charge in [-0.15, -0.1) is 0 Å². The SMILES string of the molecule is O=C1CCC(N2Cc3cc(CNc4nc(Cc5ccc(F)c(Cl)c5)no4)ccc3C2=O)C(=O)N1. The summed E-state index contributed by atoms with van der Waals surface area (Å²) in [6.45, 7) is 0.684. The molecule has 34 heavy (non-hydrogen) atoms. The third-order valence-electron chi connectivity index (χ3n) is 5.85. The average Bonchev–Trinajstić information content (AvgIpc) is 3.39.